The zero-order valence-corrected chi connectivity index (χ0v) is 9.24. The average Bonchev–Trinajstić information content (AvgIpc) is 2.07. The molecular weight excluding hydrogens is 237 g/mol. The van der Waals surface area contributed by atoms with E-state index in [9.17, 15) is 0 Å². The van der Waals surface area contributed by atoms with Gasteiger partial charge in [0.2, 0.25) is 0 Å². The van der Waals surface area contributed by atoms with Crippen molar-refractivity contribution < 1.29 is 0 Å². The van der Waals surface area contributed by atoms with Gasteiger partial charge in [0.1, 0.15) is 0 Å². The second-order valence-corrected chi connectivity index (χ2v) is 3.88. The molecule has 0 saturated heterocycles. The first kappa shape index (κ1) is 10.0. The van der Waals surface area contributed by atoms with Crippen LogP contribution in [0.15, 0.2) is 22.7 Å². The van der Waals surface area contributed by atoms with E-state index in [0.717, 1.165) is 22.5 Å². The van der Waals surface area contributed by atoms with Crippen molar-refractivity contribution in [3.05, 3.63) is 33.3 Å². The molecule has 0 aliphatic carbocycles. The highest BCUT2D eigenvalue weighted by Crippen LogP contribution is 2.21. The highest BCUT2D eigenvalue weighted by atomic mass is 79.9. The summed E-state index contributed by atoms with van der Waals surface area (Å²) in [6.45, 7) is 0.971. The quantitative estimate of drug-likeness (QED) is 0.867. The van der Waals surface area contributed by atoms with Crippen molar-refractivity contribution in [3.8, 4) is 0 Å². The van der Waals surface area contributed by atoms with Gasteiger partial charge in [0.05, 0.1) is 0 Å². The number of benzene rings is 1. The molecule has 0 aromatic heterocycles. The molecule has 1 N–H and O–H groups in total. The van der Waals surface area contributed by atoms with Crippen molar-refractivity contribution in [1.29, 1.82) is 0 Å². The molecule has 1 aromatic carbocycles. The summed E-state index contributed by atoms with van der Waals surface area (Å²) in [5.74, 6) is 0. The molecule has 0 radical (unpaired) electrons. The van der Waals surface area contributed by atoms with E-state index in [4.69, 9.17) is 11.6 Å². The van der Waals surface area contributed by atoms with Gasteiger partial charge in [-0.25, -0.2) is 0 Å². The SMILES string of the molecule is CNCCc1cc(Cl)ccc1Br. The first-order valence-electron chi connectivity index (χ1n) is 3.82. The van der Waals surface area contributed by atoms with Gasteiger partial charge < -0.3 is 5.32 Å². The fourth-order valence-electron chi connectivity index (χ4n) is 0.995. The second-order valence-electron chi connectivity index (χ2n) is 2.59. The fraction of sp³-hybridized carbons (Fsp3) is 0.333. The van der Waals surface area contributed by atoms with Crippen molar-refractivity contribution in [2.24, 2.45) is 0 Å². The lowest BCUT2D eigenvalue weighted by Crippen LogP contribution is -2.10. The predicted molar refractivity (Wildman–Crippen MR) is 56.8 cm³/mol. The summed E-state index contributed by atoms with van der Waals surface area (Å²) < 4.78 is 1.13. The summed E-state index contributed by atoms with van der Waals surface area (Å²) in [5, 5.41) is 3.89. The van der Waals surface area contributed by atoms with Gasteiger partial charge in [0.15, 0.2) is 0 Å². The number of rotatable bonds is 3. The van der Waals surface area contributed by atoms with Gasteiger partial charge in [-0.1, -0.05) is 27.5 Å². The molecule has 1 nitrogen and oxygen atoms in total. The van der Waals surface area contributed by atoms with Crippen molar-refractivity contribution in [1.82, 2.24) is 5.32 Å². The molecule has 0 amide bonds. The Bertz CT molecular complexity index is 263. The van der Waals surface area contributed by atoms with Crippen LogP contribution in [-0.2, 0) is 6.42 Å². The van der Waals surface area contributed by atoms with Crippen LogP contribution in [0.4, 0.5) is 0 Å². The molecule has 66 valence electrons. The molecule has 1 aromatic rings. The summed E-state index contributed by atoms with van der Waals surface area (Å²) in [5.41, 5.74) is 1.25. The number of halogens is 2. The zero-order chi connectivity index (χ0) is 8.97. The highest BCUT2D eigenvalue weighted by molar-refractivity contribution is 9.10. The van der Waals surface area contributed by atoms with Gasteiger partial charge in [-0.2, -0.15) is 0 Å². The van der Waals surface area contributed by atoms with Crippen molar-refractivity contribution in [3.63, 3.8) is 0 Å². The average molecular weight is 249 g/mol. The molecule has 0 bridgehead atoms. The topological polar surface area (TPSA) is 12.0 Å². The highest BCUT2D eigenvalue weighted by Gasteiger charge is 1.99. The van der Waals surface area contributed by atoms with Crippen LogP contribution in [0.1, 0.15) is 5.56 Å². The van der Waals surface area contributed by atoms with E-state index in [2.05, 4.69) is 21.2 Å². The normalized spacial score (nSPS) is 10.2. The molecular formula is C9H11BrClN. The smallest absolute Gasteiger partial charge is 0.0409 e. The minimum Gasteiger partial charge on any atom is -0.319 e. The molecule has 12 heavy (non-hydrogen) atoms. The third-order valence-corrected chi connectivity index (χ3v) is 2.66. The Morgan fingerprint density at radius 3 is 2.92 bits per heavy atom. The van der Waals surface area contributed by atoms with Gasteiger partial charge in [-0.15, -0.1) is 0 Å². The van der Waals surface area contributed by atoms with Gasteiger partial charge in [-0.05, 0) is 43.8 Å². The summed E-state index contributed by atoms with van der Waals surface area (Å²) >= 11 is 9.33. The molecule has 1 rings (SSSR count). The largest absolute Gasteiger partial charge is 0.319 e. The lowest BCUT2D eigenvalue weighted by Gasteiger charge is -2.03. The summed E-state index contributed by atoms with van der Waals surface area (Å²) in [6.07, 6.45) is 0.998. The maximum atomic E-state index is 5.85. The van der Waals surface area contributed by atoms with E-state index in [-0.39, 0.29) is 0 Å². The molecule has 0 heterocycles. The lowest BCUT2D eigenvalue weighted by atomic mass is 10.1. The molecule has 3 heteroatoms. The lowest BCUT2D eigenvalue weighted by molar-refractivity contribution is 0.790. The van der Waals surface area contributed by atoms with Crippen LogP contribution in [0.25, 0.3) is 0 Å². The fourth-order valence-corrected chi connectivity index (χ4v) is 1.63. The maximum Gasteiger partial charge on any atom is 0.0409 e. The summed E-state index contributed by atoms with van der Waals surface area (Å²) in [4.78, 5) is 0. The molecule has 0 saturated carbocycles. The minimum absolute atomic E-state index is 0.796. The van der Waals surface area contributed by atoms with Crippen LogP contribution in [0.2, 0.25) is 5.02 Å². The Kier molecular flexibility index (Phi) is 4.06. The minimum atomic E-state index is 0.796. The maximum absolute atomic E-state index is 5.85. The van der Waals surface area contributed by atoms with E-state index in [0.29, 0.717) is 0 Å². The molecule has 0 fully saturated rings. The number of nitrogens with one attached hydrogen (secondary N) is 1. The Morgan fingerprint density at radius 2 is 2.25 bits per heavy atom. The van der Waals surface area contributed by atoms with Crippen LogP contribution in [-0.4, -0.2) is 13.6 Å². The summed E-state index contributed by atoms with van der Waals surface area (Å²) in [7, 11) is 1.94. The zero-order valence-electron chi connectivity index (χ0n) is 6.90. The summed E-state index contributed by atoms with van der Waals surface area (Å²) in [6, 6.07) is 5.85. The number of hydrogen-bond acceptors (Lipinski definition) is 1. The van der Waals surface area contributed by atoms with E-state index in [1.807, 2.05) is 25.2 Å². The first-order valence-corrected chi connectivity index (χ1v) is 4.99. The molecule has 0 unspecified atom stereocenters. The molecule has 0 atom stereocenters. The van der Waals surface area contributed by atoms with Crippen LogP contribution in [0.5, 0.6) is 0 Å². The Labute approximate surface area is 86.2 Å². The first-order chi connectivity index (χ1) is 5.74. The van der Waals surface area contributed by atoms with E-state index >= 15 is 0 Å². The van der Waals surface area contributed by atoms with Crippen LogP contribution in [0.3, 0.4) is 0 Å². The van der Waals surface area contributed by atoms with Gasteiger partial charge in [0.25, 0.3) is 0 Å². The van der Waals surface area contributed by atoms with E-state index in [1.165, 1.54) is 5.56 Å². The molecule has 0 aliphatic heterocycles. The monoisotopic (exact) mass is 247 g/mol. The Morgan fingerprint density at radius 1 is 1.50 bits per heavy atom. The van der Waals surface area contributed by atoms with Gasteiger partial charge in [0, 0.05) is 9.50 Å². The van der Waals surface area contributed by atoms with Crippen LogP contribution >= 0.6 is 27.5 Å². The number of hydrogen-bond donors (Lipinski definition) is 1. The van der Waals surface area contributed by atoms with Crippen molar-refractivity contribution in [2.45, 2.75) is 6.42 Å². The van der Waals surface area contributed by atoms with E-state index < -0.39 is 0 Å². The number of likely N-dealkylation sites (N-methyl/N-ethyl adjacent to an activating group) is 1. The Hall–Kier alpha value is -0.0500. The Balaban J connectivity index is 2.75. The molecule has 0 aliphatic rings. The van der Waals surface area contributed by atoms with Gasteiger partial charge >= 0.3 is 0 Å². The van der Waals surface area contributed by atoms with Crippen molar-refractivity contribution in [2.75, 3.05) is 13.6 Å². The third kappa shape index (κ3) is 2.77. The van der Waals surface area contributed by atoms with Gasteiger partial charge in [-0.3, -0.25) is 0 Å². The van der Waals surface area contributed by atoms with Crippen molar-refractivity contribution >= 4 is 27.5 Å². The van der Waals surface area contributed by atoms with Crippen LogP contribution in [0, 0.1) is 0 Å². The molecule has 0 spiro atoms. The third-order valence-electron chi connectivity index (χ3n) is 1.65. The van der Waals surface area contributed by atoms with Crippen LogP contribution < -0.4 is 5.32 Å². The predicted octanol–water partition coefficient (Wildman–Crippen LogP) is 2.86. The second kappa shape index (κ2) is 4.85. The standard InChI is InChI=1S/C9H11BrClN/c1-12-5-4-7-6-8(11)2-3-9(7)10/h2-3,6,12H,4-5H2,1H3. The van der Waals surface area contributed by atoms with E-state index in [1.54, 1.807) is 0 Å².